The van der Waals surface area contributed by atoms with Crippen molar-refractivity contribution in [2.45, 2.75) is 98.1 Å². The Balaban J connectivity index is 5.13. The first-order valence-electron chi connectivity index (χ1n) is 7.89. The lowest BCUT2D eigenvalue weighted by atomic mass is 9.93. The molecule has 1 unspecified atom stereocenters. The summed E-state index contributed by atoms with van der Waals surface area (Å²) in [6.45, 7) is 15.5. The van der Waals surface area contributed by atoms with Crippen LogP contribution in [0.4, 0.5) is 0 Å². The van der Waals surface area contributed by atoms with Crippen LogP contribution in [0.3, 0.4) is 0 Å². The fourth-order valence-electron chi connectivity index (χ4n) is 2.60. The van der Waals surface area contributed by atoms with Crippen LogP contribution in [0.2, 0.25) is 0 Å². The average molecular weight is 301 g/mol. The van der Waals surface area contributed by atoms with Crippen molar-refractivity contribution in [3.8, 4) is 0 Å². The van der Waals surface area contributed by atoms with Crippen molar-refractivity contribution in [1.29, 1.82) is 0 Å². The van der Waals surface area contributed by atoms with Gasteiger partial charge in [0.1, 0.15) is 0 Å². The summed E-state index contributed by atoms with van der Waals surface area (Å²) < 4.78 is 12.1. The maximum atomic E-state index is 11.4. The number of carbonyl (C=O) groups is 1. The Morgan fingerprint density at radius 3 is 1.71 bits per heavy atom. The quantitative estimate of drug-likeness (QED) is 0.646. The molecule has 21 heavy (non-hydrogen) atoms. The van der Waals surface area contributed by atoms with Crippen molar-refractivity contribution in [3.05, 3.63) is 0 Å². The van der Waals surface area contributed by atoms with Crippen LogP contribution in [-0.2, 0) is 14.3 Å². The van der Waals surface area contributed by atoms with E-state index in [1.807, 2.05) is 55.4 Å². The van der Waals surface area contributed by atoms with Crippen molar-refractivity contribution < 1.29 is 19.4 Å². The minimum absolute atomic E-state index is 0.296. The number of carbonyl (C=O) groups excluding carboxylic acids is 1. The first kappa shape index (κ1) is 20.4. The average Bonchev–Trinajstić information content (AvgIpc) is 2.17. The summed E-state index contributed by atoms with van der Waals surface area (Å²) in [4.78, 5) is 11.4. The Morgan fingerprint density at radius 1 is 1.00 bits per heavy atom. The van der Waals surface area contributed by atoms with Crippen LogP contribution < -0.4 is 5.11 Å². The Hall–Kier alpha value is -0.610. The third kappa shape index (κ3) is 9.86. The summed E-state index contributed by atoms with van der Waals surface area (Å²) in [7, 11) is 0. The highest BCUT2D eigenvalue weighted by Gasteiger charge is 2.37. The minimum atomic E-state index is -1.02. The molecule has 0 amide bonds. The Kier molecular flexibility index (Phi) is 7.37. The molecule has 0 saturated heterocycles. The molecule has 0 aliphatic heterocycles. The van der Waals surface area contributed by atoms with Gasteiger partial charge in [-0.25, -0.2) is 0 Å². The van der Waals surface area contributed by atoms with Crippen molar-refractivity contribution >= 4 is 5.97 Å². The zero-order valence-corrected chi connectivity index (χ0v) is 15.0. The molecule has 0 aromatic heterocycles. The van der Waals surface area contributed by atoms with E-state index in [0.29, 0.717) is 12.8 Å². The van der Waals surface area contributed by atoms with E-state index in [4.69, 9.17) is 9.47 Å². The van der Waals surface area contributed by atoms with Gasteiger partial charge in [0.05, 0.1) is 11.2 Å². The second-order valence-electron chi connectivity index (χ2n) is 7.92. The lowest BCUT2D eigenvalue weighted by Crippen LogP contribution is -2.48. The van der Waals surface area contributed by atoms with E-state index in [1.54, 1.807) is 0 Å². The normalized spacial score (nSPS) is 15.0. The largest absolute Gasteiger partial charge is 0.550 e. The summed E-state index contributed by atoms with van der Waals surface area (Å²) in [5.74, 6) is -2.53. The molecular weight excluding hydrogens is 268 g/mol. The predicted molar refractivity (Wildman–Crippen MR) is 82.7 cm³/mol. The van der Waals surface area contributed by atoms with Crippen molar-refractivity contribution in [2.75, 3.05) is 0 Å². The van der Waals surface area contributed by atoms with Gasteiger partial charge in [0.25, 0.3) is 0 Å². The number of rotatable bonds is 8. The highest BCUT2D eigenvalue weighted by molar-refractivity contribution is 5.67. The molecule has 126 valence electrons. The summed E-state index contributed by atoms with van der Waals surface area (Å²) in [5.41, 5.74) is -0.831. The van der Waals surface area contributed by atoms with Gasteiger partial charge in [-0.2, -0.15) is 0 Å². The lowest BCUT2D eigenvalue weighted by molar-refractivity contribution is -0.329. The number of carboxylic acids is 1. The molecule has 0 heterocycles. The molecule has 0 aliphatic carbocycles. The zero-order chi connectivity index (χ0) is 16.9. The molecule has 0 rings (SSSR count). The van der Waals surface area contributed by atoms with Gasteiger partial charge < -0.3 is 19.4 Å². The number of ether oxygens (including phenoxy) is 2. The van der Waals surface area contributed by atoms with Gasteiger partial charge >= 0.3 is 0 Å². The molecule has 0 aromatic rings. The van der Waals surface area contributed by atoms with Gasteiger partial charge in [-0.3, -0.25) is 0 Å². The van der Waals surface area contributed by atoms with Crippen LogP contribution in [0.5, 0.6) is 0 Å². The molecule has 0 aromatic carbocycles. The number of hydrogen-bond donors (Lipinski definition) is 0. The van der Waals surface area contributed by atoms with Crippen molar-refractivity contribution in [1.82, 2.24) is 0 Å². The molecule has 4 nitrogen and oxygen atoms in total. The van der Waals surface area contributed by atoms with E-state index in [2.05, 4.69) is 0 Å². The molecule has 0 bridgehead atoms. The van der Waals surface area contributed by atoms with Gasteiger partial charge in [-0.15, -0.1) is 0 Å². The minimum Gasteiger partial charge on any atom is -0.550 e. The standard InChI is InChI=1S/C17H34O4/c1-9-10-11-13(14(18)19)12-17(8,20-15(2,3)4)21-16(5,6)7/h13H,9-12H2,1-8H3,(H,18,19)/p-1. The van der Waals surface area contributed by atoms with Crippen molar-refractivity contribution in [3.63, 3.8) is 0 Å². The van der Waals surface area contributed by atoms with E-state index in [0.717, 1.165) is 12.8 Å². The van der Waals surface area contributed by atoms with Crippen LogP contribution >= 0.6 is 0 Å². The Labute approximate surface area is 130 Å². The smallest absolute Gasteiger partial charge is 0.167 e. The van der Waals surface area contributed by atoms with Gasteiger partial charge in [-0.05, 0) is 54.9 Å². The highest BCUT2D eigenvalue weighted by Crippen LogP contribution is 2.33. The molecule has 1 atom stereocenters. The van der Waals surface area contributed by atoms with E-state index in [-0.39, 0.29) is 0 Å². The van der Waals surface area contributed by atoms with Crippen LogP contribution in [0, 0.1) is 5.92 Å². The summed E-state index contributed by atoms with van der Waals surface area (Å²) >= 11 is 0. The van der Waals surface area contributed by atoms with E-state index < -0.39 is 28.9 Å². The molecule has 0 spiro atoms. The van der Waals surface area contributed by atoms with Crippen LogP contribution in [-0.4, -0.2) is 23.0 Å². The monoisotopic (exact) mass is 301 g/mol. The zero-order valence-electron chi connectivity index (χ0n) is 15.0. The second kappa shape index (κ2) is 7.59. The maximum absolute atomic E-state index is 11.4. The summed E-state index contributed by atoms with van der Waals surface area (Å²) in [5, 5.41) is 11.4. The van der Waals surface area contributed by atoms with Crippen LogP contribution in [0.15, 0.2) is 0 Å². The fourth-order valence-corrected chi connectivity index (χ4v) is 2.60. The summed E-state index contributed by atoms with van der Waals surface area (Å²) in [6.07, 6.45) is 2.71. The SMILES string of the molecule is CCCCC(CC(C)(OC(C)(C)C)OC(C)(C)C)C(=O)[O-]. The highest BCUT2D eigenvalue weighted by atomic mass is 16.7. The third-order valence-electron chi connectivity index (χ3n) is 2.90. The predicted octanol–water partition coefficient (Wildman–Crippen LogP) is 3.28. The molecule has 0 saturated carbocycles. The Morgan fingerprint density at radius 2 is 1.43 bits per heavy atom. The third-order valence-corrected chi connectivity index (χ3v) is 2.90. The molecule has 4 heteroatoms. The molecular formula is C17H33O4-. The number of carboxylic acid groups (broad SMARTS) is 1. The first-order valence-corrected chi connectivity index (χ1v) is 7.89. The van der Waals surface area contributed by atoms with Gasteiger partial charge in [0, 0.05) is 18.3 Å². The van der Waals surface area contributed by atoms with Crippen LogP contribution in [0.25, 0.3) is 0 Å². The maximum Gasteiger partial charge on any atom is 0.167 e. The second-order valence-corrected chi connectivity index (χ2v) is 7.92. The van der Waals surface area contributed by atoms with E-state index >= 15 is 0 Å². The number of hydrogen-bond acceptors (Lipinski definition) is 4. The van der Waals surface area contributed by atoms with E-state index in [9.17, 15) is 9.90 Å². The van der Waals surface area contributed by atoms with Gasteiger partial charge in [0.2, 0.25) is 0 Å². The lowest BCUT2D eigenvalue weighted by Gasteiger charge is -2.42. The van der Waals surface area contributed by atoms with Gasteiger partial charge in [0.15, 0.2) is 5.79 Å². The summed E-state index contributed by atoms with van der Waals surface area (Å²) in [6, 6.07) is 0. The topological polar surface area (TPSA) is 58.6 Å². The molecule has 0 aliphatic rings. The Bertz CT molecular complexity index is 307. The van der Waals surface area contributed by atoms with Gasteiger partial charge in [-0.1, -0.05) is 19.8 Å². The molecule has 0 radical (unpaired) electrons. The molecule has 0 N–H and O–H groups in total. The molecule has 0 fully saturated rings. The van der Waals surface area contributed by atoms with Crippen molar-refractivity contribution in [2.24, 2.45) is 5.92 Å². The van der Waals surface area contributed by atoms with Crippen LogP contribution in [0.1, 0.15) is 81.1 Å². The fraction of sp³-hybridized carbons (Fsp3) is 0.941. The first-order chi connectivity index (χ1) is 9.28. The van der Waals surface area contributed by atoms with E-state index in [1.165, 1.54) is 0 Å². The number of unbranched alkanes of at least 4 members (excludes halogenated alkanes) is 1. The number of aliphatic carboxylic acids is 1.